The average Bonchev–Trinajstić information content (AvgIpc) is 3.12. The number of aromatic amines is 1. The Morgan fingerprint density at radius 2 is 1.74 bits per heavy atom. The summed E-state index contributed by atoms with van der Waals surface area (Å²) in [6, 6.07) is 23.6. The number of carbonyl (C=O) groups excluding carboxylic acids is 1. The Labute approximate surface area is 158 Å². The van der Waals surface area contributed by atoms with Crippen LogP contribution in [0.4, 0.5) is 0 Å². The Morgan fingerprint density at radius 3 is 2.48 bits per heavy atom. The molecule has 134 valence electrons. The van der Waals surface area contributed by atoms with Gasteiger partial charge in [-0.05, 0) is 49.2 Å². The number of fused-ring (bicyclic) bond motifs is 1. The fourth-order valence-electron chi connectivity index (χ4n) is 3.14. The summed E-state index contributed by atoms with van der Waals surface area (Å²) in [5.41, 5.74) is 5.82. The molecular formula is C23H21N3O. The van der Waals surface area contributed by atoms with Gasteiger partial charge >= 0.3 is 0 Å². The van der Waals surface area contributed by atoms with E-state index in [0.29, 0.717) is 5.56 Å². The Hall–Kier alpha value is -3.40. The predicted molar refractivity (Wildman–Crippen MR) is 109 cm³/mol. The average molecular weight is 355 g/mol. The third-order valence-corrected chi connectivity index (χ3v) is 4.71. The van der Waals surface area contributed by atoms with Crippen LogP contribution in [-0.4, -0.2) is 15.9 Å². The highest BCUT2D eigenvalue weighted by Gasteiger charge is 2.12. The molecule has 1 atom stereocenters. The summed E-state index contributed by atoms with van der Waals surface area (Å²) >= 11 is 0. The predicted octanol–water partition coefficient (Wildman–Crippen LogP) is 5.03. The van der Waals surface area contributed by atoms with Crippen molar-refractivity contribution < 1.29 is 4.79 Å². The summed E-state index contributed by atoms with van der Waals surface area (Å²) in [5, 5.41) is 3.04. The number of aromatic nitrogens is 2. The van der Waals surface area contributed by atoms with Crippen molar-refractivity contribution in [3.8, 4) is 11.4 Å². The van der Waals surface area contributed by atoms with Gasteiger partial charge in [-0.3, -0.25) is 4.79 Å². The molecular weight excluding hydrogens is 334 g/mol. The van der Waals surface area contributed by atoms with Gasteiger partial charge in [0.05, 0.1) is 17.1 Å². The summed E-state index contributed by atoms with van der Waals surface area (Å²) in [5.74, 6) is 0.721. The lowest BCUT2D eigenvalue weighted by Gasteiger charge is -2.14. The number of hydrogen-bond donors (Lipinski definition) is 2. The van der Waals surface area contributed by atoms with Gasteiger partial charge in [0.25, 0.3) is 5.91 Å². The van der Waals surface area contributed by atoms with Gasteiger partial charge in [-0.1, -0.05) is 48.5 Å². The first-order valence-electron chi connectivity index (χ1n) is 9.03. The van der Waals surface area contributed by atoms with Crippen molar-refractivity contribution in [2.75, 3.05) is 0 Å². The molecule has 27 heavy (non-hydrogen) atoms. The summed E-state index contributed by atoms with van der Waals surface area (Å²) < 4.78 is 0. The number of carbonyl (C=O) groups is 1. The van der Waals surface area contributed by atoms with Crippen LogP contribution in [0.3, 0.4) is 0 Å². The van der Waals surface area contributed by atoms with Crippen LogP contribution < -0.4 is 5.32 Å². The molecule has 1 unspecified atom stereocenters. The van der Waals surface area contributed by atoms with E-state index in [1.54, 1.807) is 0 Å². The zero-order valence-corrected chi connectivity index (χ0v) is 15.4. The first-order chi connectivity index (χ1) is 13.1. The molecule has 0 aliphatic rings. The zero-order chi connectivity index (χ0) is 18.8. The van der Waals surface area contributed by atoms with Crippen LogP contribution in [0.25, 0.3) is 22.4 Å². The maximum atomic E-state index is 12.5. The highest BCUT2D eigenvalue weighted by Crippen LogP contribution is 2.22. The van der Waals surface area contributed by atoms with Crippen LogP contribution in [0, 0.1) is 6.92 Å². The lowest BCUT2D eigenvalue weighted by Crippen LogP contribution is -2.26. The maximum absolute atomic E-state index is 12.5. The standard InChI is InChI=1S/C23H21N3O/c1-15-8-13-20-21(14-15)26-22(25-20)18-9-11-19(12-10-18)23(27)24-16(2)17-6-4-3-5-7-17/h3-14,16H,1-2H3,(H,24,27)(H,25,26). The zero-order valence-electron chi connectivity index (χ0n) is 15.4. The van der Waals surface area contributed by atoms with Gasteiger partial charge in [0.15, 0.2) is 0 Å². The molecule has 1 heterocycles. The molecule has 1 aromatic heterocycles. The molecule has 4 nitrogen and oxygen atoms in total. The molecule has 0 bridgehead atoms. The quantitative estimate of drug-likeness (QED) is 0.539. The van der Waals surface area contributed by atoms with Crippen molar-refractivity contribution in [3.05, 3.63) is 89.5 Å². The minimum Gasteiger partial charge on any atom is -0.346 e. The SMILES string of the molecule is Cc1ccc2nc(-c3ccc(C(=O)NC(C)c4ccccc4)cc3)[nH]c2c1. The minimum atomic E-state index is -0.0851. The topological polar surface area (TPSA) is 57.8 Å². The van der Waals surface area contributed by atoms with Crippen LogP contribution >= 0.6 is 0 Å². The van der Waals surface area contributed by atoms with Crippen molar-refractivity contribution >= 4 is 16.9 Å². The van der Waals surface area contributed by atoms with Crippen molar-refractivity contribution in [3.63, 3.8) is 0 Å². The Morgan fingerprint density at radius 1 is 1.00 bits per heavy atom. The summed E-state index contributed by atoms with van der Waals surface area (Å²) in [7, 11) is 0. The Bertz CT molecular complexity index is 1080. The van der Waals surface area contributed by atoms with Crippen LogP contribution in [0.15, 0.2) is 72.8 Å². The monoisotopic (exact) mass is 355 g/mol. The van der Waals surface area contributed by atoms with Gasteiger partial charge in [-0.25, -0.2) is 4.98 Å². The molecule has 0 saturated carbocycles. The second kappa shape index (κ2) is 7.08. The first-order valence-corrected chi connectivity index (χ1v) is 9.03. The number of amides is 1. The van der Waals surface area contributed by atoms with E-state index in [0.717, 1.165) is 28.0 Å². The summed E-state index contributed by atoms with van der Waals surface area (Å²) in [6.45, 7) is 4.04. The normalized spacial score (nSPS) is 12.1. The number of imidazole rings is 1. The van der Waals surface area contributed by atoms with Crippen molar-refractivity contribution in [1.29, 1.82) is 0 Å². The van der Waals surface area contributed by atoms with E-state index in [4.69, 9.17) is 0 Å². The van der Waals surface area contributed by atoms with Crippen molar-refractivity contribution in [2.45, 2.75) is 19.9 Å². The van der Waals surface area contributed by atoms with Crippen molar-refractivity contribution in [2.24, 2.45) is 0 Å². The second-order valence-electron chi connectivity index (χ2n) is 6.79. The van der Waals surface area contributed by atoms with Crippen LogP contribution in [0.2, 0.25) is 0 Å². The smallest absolute Gasteiger partial charge is 0.251 e. The molecule has 0 aliphatic carbocycles. The molecule has 0 saturated heterocycles. The number of benzene rings is 3. The van der Waals surface area contributed by atoms with Gasteiger partial charge in [0.1, 0.15) is 5.82 Å². The van der Waals surface area contributed by atoms with Gasteiger partial charge < -0.3 is 10.3 Å². The highest BCUT2D eigenvalue weighted by atomic mass is 16.1. The van der Waals surface area contributed by atoms with Gasteiger partial charge in [0.2, 0.25) is 0 Å². The van der Waals surface area contributed by atoms with Crippen LogP contribution in [-0.2, 0) is 0 Å². The number of rotatable bonds is 4. The molecule has 4 heteroatoms. The van der Waals surface area contributed by atoms with Crippen molar-refractivity contribution in [1.82, 2.24) is 15.3 Å². The van der Waals surface area contributed by atoms with E-state index in [1.165, 1.54) is 5.56 Å². The molecule has 0 radical (unpaired) electrons. The first kappa shape index (κ1) is 17.0. The fraction of sp³-hybridized carbons (Fsp3) is 0.130. The lowest BCUT2D eigenvalue weighted by molar-refractivity contribution is 0.0940. The summed E-state index contributed by atoms with van der Waals surface area (Å²) in [6.07, 6.45) is 0. The van der Waals surface area contributed by atoms with E-state index in [9.17, 15) is 4.79 Å². The fourth-order valence-corrected chi connectivity index (χ4v) is 3.14. The molecule has 3 aromatic carbocycles. The second-order valence-corrected chi connectivity index (χ2v) is 6.79. The Balaban J connectivity index is 1.51. The number of nitrogens with zero attached hydrogens (tertiary/aromatic N) is 1. The third kappa shape index (κ3) is 3.60. The van der Waals surface area contributed by atoms with E-state index in [-0.39, 0.29) is 11.9 Å². The van der Waals surface area contributed by atoms with E-state index in [1.807, 2.05) is 73.7 Å². The minimum absolute atomic E-state index is 0.0445. The molecule has 4 rings (SSSR count). The molecule has 1 amide bonds. The van der Waals surface area contributed by atoms with Crippen LogP contribution in [0.5, 0.6) is 0 Å². The van der Waals surface area contributed by atoms with Gasteiger partial charge in [-0.15, -0.1) is 0 Å². The number of hydrogen-bond acceptors (Lipinski definition) is 2. The maximum Gasteiger partial charge on any atom is 0.251 e. The lowest BCUT2D eigenvalue weighted by atomic mass is 10.1. The number of aryl methyl sites for hydroxylation is 1. The van der Waals surface area contributed by atoms with E-state index >= 15 is 0 Å². The van der Waals surface area contributed by atoms with Gasteiger partial charge in [0, 0.05) is 11.1 Å². The number of nitrogens with one attached hydrogen (secondary N) is 2. The van der Waals surface area contributed by atoms with E-state index < -0.39 is 0 Å². The molecule has 2 N–H and O–H groups in total. The molecule has 0 spiro atoms. The summed E-state index contributed by atoms with van der Waals surface area (Å²) in [4.78, 5) is 20.5. The van der Waals surface area contributed by atoms with Gasteiger partial charge in [-0.2, -0.15) is 0 Å². The number of H-pyrrole nitrogens is 1. The van der Waals surface area contributed by atoms with E-state index in [2.05, 4.69) is 28.3 Å². The largest absolute Gasteiger partial charge is 0.346 e. The Kier molecular flexibility index (Phi) is 4.47. The molecule has 4 aromatic rings. The third-order valence-electron chi connectivity index (χ3n) is 4.71. The molecule has 0 aliphatic heterocycles. The van der Waals surface area contributed by atoms with Crippen LogP contribution in [0.1, 0.15) is 34.5 Å². The molecule has 0 fully saturated rings. The highest BCUT2D eigenvalue weighted by molar-refractivity contribution is 5.95.